The molecule has 3 N–H and O–H groups in total. The number of unbranched alkanes of at least 4 members (excludes halogenated alkanes) is 2. The Hall–Kier alpha value is -3.10. The van der Waals surface area contributed by atoms with Gasteiger partial charge in [0.05, 0.1) is 11.0 Å². The van der Waals surface area contributed by atoms with Gasteiger partial charge in [0.2, 0.25) is 11.9 Å². The summed E-state index contributed by atoms with van der Waals surface area (Å²) >= 11 is 0. The highest BCUT2D eigenvalue weighted by Crippen LogP contribution is 2.26. The molecule has 2 heterocycles. The van der Waals surface area contributed by atoms with Crippen LogP contribution in [0.4, 0.5) is 10.7 Å². The van der Waals surface area contributed by atoms with Crippen molar-refractivity contribution in [2.45, 2.75) is 58.5 Å². The molecule has 9 nitrogen and oxygen atoms in total. The zero-order valence-corrected chi connectivity index (χ0v) is 18.1. The molecule has 0 spiro atoms. The molecule has 0 fully saturated rings. The molecule has 1 aromatic carbocycles. The molecule has 1 aromatic heterocycles. The minimum atomic E-state index is -1.000. The van der Waals surface area contributed by atoms with Crippen LogP contribution in [0.1, 0.15) is 46.0 Å². The smallest absolute Gasteiger partial charge is 0.326 e. The molecule has 0 bridgehead atoms. The number of aromatic nitrogens is 2. The van der Waals surface area contributed by atoms with Gasteiger partial charge in [0.1, 0.15) is 6.04 Å². The van der Waals surface area contributed by atoms with Gasteiger partial charge in [-0.2, -0.15) is 0 Å². The van der Waals surface area contributed by atoms with Crippen LogP contribution >= 0.6 is 0 Å². The number of rotatable bonds is 10. The van der Waals surface area contributed by atoms with Crippen LogP contribution in [0.25, 0.3) is 11.0 Å². The molecule has 1 aliphatic heterocycles. The molecule has 0 aliphatic carbocycles. The molecule has 3 amide bonds. The van der Waals surface area contributed by atoms with E-state index in [1.54, 1.807) is 4.90 Å². The van der Waals surface area contributed by atoms with Gasteiger partial charge in [0, 0.05) is 26.1 Å². The molecule has 1 aliphatic rings. The van der Waals surface area contributed by atoms with Gasteiger partial charge in [-0.25, -0.2) is 14.6 Å². The number of hydrogen-bond acceptors (Lipinski definition) is 4. The summed E-state index contributed by atoms with van der Waals surface area (Å²) in [6, 6.07) is 6.84. The number of carboxylic acids is 1. The van der Waals surface area contributed by atoms with Crippen molar-refractivity contribution in [3.8, 4) is 0 Å². The van der Waals surface area contributed by atoms with Crippen LogP contribution in [-0.4, -0.2) is 51.7 Å². The van der Waals surface area contributed by atoms with Crippen molar-refractivity contribution >= 4 is 34.9 Å². The van der Waals surface area contributed by atoms with Gasteiger partial charge in [-0.1, -0.05) is 32.4 Å². The second-order valence-corrected chi connectivity index (χ2v) is 8.33. The van der Waals surface area contributed by atoms with Gasteiger partial charge in [0.15, 0.2) is 0 Å². The van der Waals surface area contributed by atoms with Gasteiger partial charge >= 0.3 is 12.0 Å². The van der Waals surface area contributed by atoms with E-state index in [2.05, 4.69) is 20.2 Å². The van der Waals surface area contributed by atoms with Crippen molar-refractivity contribution in [3.63, 3.8) is 0 Å². The number of carboxylic acid groups (broad SMARTS) is 1. The van der Waals surface area contributed by atoms with E-state index < -0.39 is 12.0 Å². The van der Waals surface area contributed by atoms with E-state index in [4.69, 9.17) is 0 Å². The summed E-state index contributed by atoms with van der Waals surface area (Å²) in [4.78, 5) is 42.0. The fraction of sp³-hybridized carbons (Fsp3) is 0.545. The number of benzene rings is 1. The summed E-state index contributed by atoms with van der Waals surface area (Å²) in [6.07, 6.45) is 2.87. The third-order valence-corrected chi connectivity index (χ3v) is 5.37. The van der Waals surface area contributed by atoms with Crippen LogP contribution in [0.5, 0.6) is 0 Å². The van der Waals surface area contributed by atoms with E-state index in [-0.39, 0.29) is 24.3 Å². The summed E-state index contributed by atoms with van der Waals surface area (Å²) in [5, 5.41) is 14.7. The fourth-order valence-corrected chi connectivity index (χ4v) is 3.82. The molecule has 168 valence electrons. The van der Waals surface area contributed by atoms with E-state index in [0.717, 1.165) is 30.4 Å². The van der Waals surface area contributed by atoms with E-state index in [0.29, 0.717) is 31.9 Å². The van der Waals surface area contributed by atoms with Crippen LogP contribution in [-0.2, 0) is 16.1 Å². The molecule has 9 heteroatoms. The highest BCUT2D eigenvalue weighted by atomic mass is 16.4. The Morgan fingerprint density at radius 3 is 2.65 bits per heavy atom. The number of amides is 3. The normalized spacial score (nSPS) is 14.0. The predicted octanol–water partition coefficient (Wildman–Crippen LogP) is 2.74. The van der Waals surface area contributed by atoms with Crippen molar-refractivity contribution < 1.29 is 19.5 Å². The maximum atomic E-state index is 12.5. The summed E-state index contributed by atoms with van der Waals surface area (Å²) < 4.78 is 2.05. The number of fused-ring (bicyclic) bond motifs is 3. The zero-order valence-electron chi connectivity index (χ0n) is 18.1. The number of carbonyl (C=O) groups excluding carboxylic acids is 2. The average molecular weight is 430 g/mol. The molecule has 3 rings (SSSR count). The van der Waals surface area contributed by atoms with Crippen LogP contribution < -0.4 is 15.5 Å². The standard InChI is InChI=1S/C22H31N5O4/c1-15(2)14-17(20(29)30)24-19(28)10-4-3-7-11-23-22(31)27-13-12-26-18-9-6-5-8-16(18)25-21(26)27/h5-6,8-9,15,17H,3-4,7,10-14H2,1-2H3,(H,23,31)(H,24,28)(H,29,30). The number of para-hydroxylation sites is 2. The minimum absolute atomic E-state index is 0.162. The Morgan fingerprint density at radius 2 is 1.90 bits per heavy atom. The molecule has 0 saturated carbocycles. The first-order valence-electron chi connectivity index (χ1n) is 10.9. The van der Waals surface area contributed by atoms with E-state index in [1.807, 2.05) is 38.1 Å². The van der Waals surface area contributed by atoms with Crippen LogP contribution in [0, 0.1) is 5.92 Å². The van der Waals surface area contributed by atoms with Crippen LogP contribution in [0.15, 0.2) is 24.3 Å². The maximum absolute atomic E-state index is 12.5. The number of nitrogens with zero attached hydrogens (tertiary/aromatic N) is 3. The highest BCUT2D eigenvalue weighted by Gasteiger charge is 2.28. The van der Waals surface area contributed by atoms with E-state index in [9.17, 15) is 19.5 Å². The van der Waals surface area contributed by atoms with Crippen LogP contribution in [0.2, 0.25) is 0 Å². The van der Waals surface area contributed by atoms with Gasteiger partial charge < -0.3 is 20.3 Å². The zero-order chi connectivity index (χ0) is 22.4. The number of imidazole rings is 1. The van der Waals surface area contributed by atoms with E-state index in [1.165, 1.54) is 0 Å². The van der Waals surface area contributed by atoms with Gasteiger partial charge in [-0.15, -0.1) is 0 Å². The Balaban J connectivity index is 1.35. The number of nitrogens with one attached hydrogen (secondary N) is 2. The molecule has 1 unspecified atom stereocenters. The number of urea groups is 1. The number of aliphatic carboxylic acids is 1. The number of anilines is 1. The predicted molar refractivity (Wildman–Crippen MR) is 118 cm³/mol. The van der Waals surface area contributed by atoms with Crippen molar-refractivity contribution in [2.24, 2.45) is 5.92 Å². The summed E-state index contributed by atoms with van der Waals surface area (Å²) in [5.41, 5.74) is 1.91. The molecule has 0 saturated heterocycles. The van der Waals surface area contributed by atoms with Crippen LogP contribution in [0.3, 0.4) is 0 Å². The number of carbonyl (C=O) groups is 3. The molecule has 2 aromatic rings. The molecule has 1 atom stereocenters. The Labute approximate surface area is 181 Å². The Morgan fingerprint density at radius 1 is 1.13 bits per heavy atom. The van der Waals surface area contributed by atoms with Gasteiger partial charge in [0.25, 0.3) is 0 Å². The van der Waals surface area contributed by atoms with Crippen molar-refractivity contribution in [1.29, 1.82) is 0 Å². The van der Waals surface area contributed by atoms with E-state index >= 15 is 0 Å². The SMILES string of the molecule is CC(C)CC(NC(=O)CCCCCNC(=O)N1CCn2c1nc1ccccc12)C(=O)O. The molecule has 31 heavy (non-hydrogen) atoms. The lowest BCUT2D eigenvalue weighted by Crippen LogP contribution is -2.41. The topological polar surface area (TPSA) is 117 Å². The van der Waals surface area contributed by atoms with Crippen molar-refractivity contribution in [3.05, 3.63) is 24.3 Å². The summed E-state index contributed by atoms with van der Waals surface area (Å²) in [6.45, 7) is 5.69. The summed E-state index contributed by atoms with van der Waals surface area (Å²) in [5.74, 6) is -0.380. The lowest BCUT2D eigenvalue weighted by Gasteiger charge is -2.16. The largest absolute Gasteiger partial charge is 0.480 e. The number of hydrogen-bond donors (Lipinski definition) is 3. The Bertz CT molecular complexity index is 939. The lowest BCUT2D eigenvalue weighted by molar-refractivity contribution is -0.142. The van der Waals surface area contributed by atoms with Gasteiger partial charge in [-0.3, -0.25) is 9.69 Å². The molecular formula is C22H31N5O4. The third-order valence-electron chi connectivity index (χ3n) is 5.37. The fourth-order valence-electron chi connectivity index (χ4n) is 3.82. The van der Waals surface area contributed by atoms with Gasteiger partial charge in [-0.05, 0) is 37.3 Å². The lowest BCUT2D eigenvalue weighted by atomic mass is 10.0. The average Bonchev–Trinajstić information content (AvgIpc) is 3.28. The quantitative estimate of drug-likeness (QED) is 0.502. The third kappa shape index (κ3) is 5.74. The highest BCUT2D eigenvalue weighted by molar-refractivity contribution is 5.93. The second-order valence-electron chi connectivity index (χ2n) is 8.33. The first kappa shape index (κ1) is 22.6. The molecular weight excluding hydrogens is 398 g/mol. The monoisotopic (exact) mass is 429 g/mol. The van der Waals surface area contributed by atoms with Crippen molar-refractivity contribution in [2.75, 3.05) is 18.0 Å². The molecule has 0 radical (unpaired) electrons. The first-order chi connectivity index (χ1) is 14.9. The first-order valence-corrected chi connectivity index (χ1v) is 10.9. The minimum Gasteiger partial charge on any atom is -0.480 e. The summed E-state index contributed by atoms with van der Waals surface area (Å²) in [7, 11) is 0. The maximum Gasteiger partial charge on any atom is 0.326 e. The Kier molecular flexibility index (Phi) is 7.49. The second kappa shape index (κ2) is 10.3. The van der Waals surface area contributed by atoms with Crippen molar-refractivity contribution in [1.82, 2.24) is 20.2 Å².